The molecule has 2 aromatic rings. The molecule has 0 fully saturated rings. The minimum atomic E-state index is 0.250. The third kappa shape index (κ3) is 3.11. The van der Waals surface area contributed by atoms with Crippen molar-refractivity contribution >= 4 is 17.3 Å². The molecule has 2 rings (SSSR count). The molecule has 0 aliphatic heterocycles. The highest BCUT2D eigenvalue weighted by Gasteiger charge is 2.08. The van der Waals surface area contributed by atoms with E-state index >= 15 is 0 Å². The van der Waals surface area contributed by atoms with Crippen LogP contribution in [0.3, 0.4) is 0 Å². The summed E-state index contributed by atoms with van der Waals surface area (Å²) in [6, 6.07) is 0.250. The molecule has 0 saturated carbocycles. The Bertz CT molecular complexity index is 492. The van der Waals surface area contributed by atoms with E-state index in [1.165, 1.54) is 11.1 Å². The normalized spacial score (nSPS) is 12.6. The molecule has 18 heavy (non-hydrogen) atoms. The summed E-state index contributed by atoms with van der Waals surface area (Å²) >= 11 is 1.74. The van der Waals surface area contributed by atoms with Crippen LogP contribution in [-0.2, 0) is 11.3 Å². The maximum atomic E-state index is 5.12. The summed E-state index contributed by atoms with van der Waals surface area (Å²) in [7, 11) is 1.71. The van der Waals surface area contributed by atoms with Gasteiger partial charge in [0.1, 0.15) is 0 Å². The van der Waals surface area contributed by atoms with Crippen LogP contribution in [0.25, 0.3) is 0 Å². The van der Waals surface area contributed by atoms with Crippen molar-refractivity contribution in [2.24, 2.45) is 0 Å². The Labute approximate surface area is 112 Å². The summed E-state index contributed by atoms with van der Waals surface area (Å²) < 4.78 is 7.25. The van der Waals surface area contributed by atoms with Gasteiger partial charge in [0.15, 0.2) is 0 Å². The standard InChI is InChI=1S/C13H19N3OS/c1-10-8-18-9-12(10)6-16-5-4-14-13(16)15-11(2)7-17-3/h4-5,8-9,11H,6-7H2,1-3H3,(H,14,15). The number of hydrogen-bond acceptors (Lipinski definition) is 4. The van der Waals surface area contributed by atoms with Crippen molar-refractivity contribution in [2.75, 3.05) is 19.0 Å². The molecule has 0 amide bonds. The number of imidazole rings is 1. The van der Waals surface area contributed by atoms with Gasteiger partial charge in [-0.15, -0.1) is 0 Å². The molecule has 2 heterocycles. The van der Waals surface area contributed by atoms with Crippen molar-refractivity contribution in [3.8, 4) is 0 Å². The van der Waals surface area contributed by atoms with Gasteiger partial charge in [-0.1, -0.05) is 0 Å². The van der Waals surface area contributed by atoms with E-state index in [4.69, 9.17) is 4.74 Å². The van der Waals surface area contributed by atoms with Crippen LogP contribution in [0.15, 0.2) is 23.2 Å². The molecular weight excluding hydrogens is 246 g/mol. The molecule has 0 radical (unpaired) electrons. The lowest BCUT2D eigenvalue weighted by molar-refractivity contribution is 0.190. The topological polar surface area (TPSA) is 39.1 Å². The molecule has 0 aliphatic carbocycles. The third-order valence-corrected chi connectivity index (χ3v) is 3.72. The fraction of sp³-hybridized carbons (Fsp3) is 0.462. The van der Waals surface area contributed by atoms with Crippen molar-refractivity contribution in [1.29, 1.82) is 0 Å². The first-order valence-corrected chi connectivity index (χ1v) is 6.93. The van der Waals surface area contributed by atoms with Gasteiger partial charge in [0.25, 0.3) is 0 Å². The zero-order valence-corrected chi connectivity index (χ0v) is 11.8. The highest BCUT2D eigenvalue weighted by molar-refractivity contribution is 7.08. The molecule has 1 atom stereocenters. The summed E-state index contributed by atoms with van der Waals surface area (Å²) in [6.07, 6.45) is 3.82. The molecule has 5 heteroatoms. The van der Waals surface area contributed by atoms with Gasteiger partial charge in [-0.2, -0.15) is 11.3 Å². The molecule has 0 bridgehead atoms. The van der Waals surface area contributed by atoms with Crippen LogP contribution in [0, 0.1) is 6.92 Å². The minimum Gasteiger partial charge on any atom is -0.383 e. The maximum absolute atomic E-state index is 5.12. The second kappa shape index (κ2) is 6.02. The largest absolute Gasteiger partial charge is 0.383 e. The maximum Gasteiger partial charge on any atom is 0.203 e. The number of thiophene rings is 1. The number of aromatic nitrogens is 2. The van der Waals surface area contributed by atoms with Crippen LogP contribution in [0.2, 0.25) is 0 Å². The number of methoxy groups -OCH3 is 1. The Hall–Kier alpha value is -1.33. The zero-order valence-electron chi connectivity index (χ0n) is 11.0. The van der Waals surface area contributed by atoms with E-state index in [-0.39, 0.29) is 6.04 Å². The van der Waals surface area contributed by atoms with Gasteiger partial charge >= 0.3 is 0 Å². The summed E-state index contributed by atoms with van der Waals surface area (Å²) in [5.41, 5.74) is 2.69. The first-order valence-electron chi connectivity index (χ1n) is 5.99. The number of ether oxygens (including phenoxy) is 1. The fourth-order valence-corrected chi connectivity index (χ4v) is 2.67. The quantitative estimate of drug-likeness (QED) is 0.873. The lowest BCUT2D eigenvalue weighted by atomic mass is 10.2. The number of nitrogens with one attached hydrogen (secondary N) is 1. The minimum absolute atomic E-state index is 0.250. The number of anilines is 1. The summed E-state index contributed by atoms with van der Waals surface area (Å²) in [6.45, 7) is 5.75. The van der Waals surface area contributed by atoms with Crippen LogP contribution < -0.4 is 5.32 Å². The lowest BCUT2D eigenvalue weighted by Crippen LogP contribution is -2.23. The summed E-state index contributed by atoms with van der Waals surface area (Å²) in [5.74, 6) is 0.894. The Balaban J connectivity index is 2.06. The van der Waals surface area contributed by atoms with Gasteiger partial charge in [0, 0.05) is 25.5 Å². The Kier molecular flexibility index (Phi) is 4.38. The number of aryl methyl sites for hydroxylation is 1. The SMILES string of the molecule is COCC(C)Nc1nccn1Cc1cscc1C. The molecule has 0 saturated heterocycles. The average molecular weight is 265 g/mol. The van der Waals surface area contributed by atoms with E-state index < -0.39 is 0 Å². The molecule has 98 valence electrons. The Morgan fingerprint density at radius 3 is 3.00 bits per heavy atom. The summed E-state index contributed by atoms with van der Waals surface area (Å²) in [4.78, 5) is 4.35. The van der Waals surface area contributed by atoms with Gasteiger partial charge in [0.2, 0.25) is 5.95 Å². The third-order valence-electron chi connectivity index (χ3n) is 2.81. The smallest absolute Gasteiger partial charge is 0.203 e. The van der Waals surface area contributed by atoms with E-state index in [1.54, 1.807) is 18.4 Å². The molecule has 0 aromatic carbocycles. The van der Waals surface area contributed by atoms with Crippen molar-refractivity contribution in [2.45, 2.75) is 26.4 Å². The van der Waals surface area contributed by atoms with Crippen molar-refractivity contribution < 1.29 is 4.74 Å². The highest BCUT2D eigenvalue weighted by atomic mass is 32.1. The van der Waals surface area contributed by atoms with Crippen LogP contribution in [0.5, 0.6) is 0 Å². The van der Waals surface area contributed by atoms with Crippen molar-refractivity contribution in [3.63, 3.8) is 0 Å². The molecule has 1 N–H and O–H groups in total. The number of hydrogen-bond donors (Lipinski definition) is 1. The second-order valence-corrected chi connectivity index (χ2v) is 5.20. The van der Waals surface area contributed by atoms with Gasteiger partial charge in [0.05, 0.1) is 13.2 Å². The predicted octanol–water partition coefficient (Wildman–Crippen LogP) is 2.75. The highest BCUT2D eigenvalue weighted by Crippen LogP contribution is 2.17. The van der Waals surface area contributed by atoms with Crippen LogP contribution >= 0.6 is 11.3 Å². The second-order valence-electron chi connectivity index (χ2n) is 4.46. The van der Waals surface area contributed by atoms with E-state index in [0.717, 1.165) is 12.5 Å². The van der Waals surface area contributed by atoms with E-state index in [9.17, 15) is 0 Å². The van der Waals surface area contributed by atoms with Gasteiger partial charge in [-0.25, -0.2) is 4.98 Å². The predicted molar refractivity (Wildman–Crippen MR) is 75.3 cm³/mol. The zero-order chi connectivity index (χ0) is 13.0. The average Bonchev–Trinajstić information content (AvgIpc) is 2.91. The van der Waals surface area contributed by atoms with Gasteiger partial charge < -0.3 is 14.6 Å². The number of nitrogens with zero attached hydrogens (tertiary/aromatic N) is 2. The Morgan fingerprint density at radius 1 is 1.50 bits per heavy atom. The Morgan fingerprint density at radius 2 is 2.33 bits per heavy atom. The molecule has 0 spiro atoms. The van der Waals surface area contributed by atoms with E-state index in [0.29, 0.717) is 6.61 Å². The number of rotatable bonds is 6. The first kappa shape index (κ1) is 13.1. The molecule has 0 aliphatic rings. The van der Waals surface area contributed by atoms with Gasteiger partial charge in [-0.05, 0) is 35.7 Å². The van der Waals surface area contributed by atoms with Crippen LogP contribution in [0.1, 0.15) is 18.1 Å². The molecule has 4 nitrogen and oxygen atoms in total. The van der Waals surface area contributed by atoms with Gasteiger partial charge in [-0.3, -0.25) is 0 Å². The van der Waals surface area contributed by atoms with Crippen LogP contribution in [0.4, 0.5) is 5.95 Å². The van der Waals surface area contributed by atoms with Crippen LogP contribution in [-0.4, -0.2) is 29.3 Å². The van der Waals surface area contributed by atoms with E-state index in [1.807, 2.05) is 12.4 Å². The lowest BCUT2D eigenvalue weighted by Gasteiger charge is -2.15. The molecule has 2 aromatic heterocycles. The molecular formula is C13H19N3OS. The first-order chi connectivity index (χ1) is 8.70. The monoisotopic (exact) mass is 265 g/mol. The van der Waals surface area contributed by atoms with Crippen molar-refractivity contribution in [3.05, 3.63) is 34.3 Å². The fourth-order valence-electron chi connectivity index (χ4n) is 1.82. The molecule has 1 unspecified atom stereocenters. The van der Waals surface area contributed by atoms with Crippen molar-refractivity contribution in [1.82, 2.24) is 9.55 Å². The van der Waals surface area contributed by atoms with E-state index in [2.05, 4.69) is 39.5 Å². The summed E-state index contributed by atoms with van der Waals surface area (Å²) in [5, 5.41) is 7.72.